The first-order valence-electron chi connectivity index (χ1n) is 11.9. The summed E-state index contributed by atoms with van der Waals surface area (Å²) in [6, 6.07) is 8.42. The van der Waals surface area contributed by atoms with Crippen molar-refractivity contribution >= 4 is 45.5 Å². The largest absolute Gasteiger partial charge is 0.481 e. The fraction of sp³-hybridized carbons (Fsp3) is 0.320. The van der Waals surface area contributed by atoms with Crippen LogP contribution in [0, 0.1) is 11.8 Å². The summed E-state index contributed by atoms with van der Waals surface area (Å²) in [4.78, 5) is 40.0. The quantitative estimate of drug-likeness (QED) is 0.365. The number of thiazole rings is 1. The predicted octanol–water partition coefficient (Wildman–Crippen LogP) is 3.34. The van der Waals surface area contributed by atoms with E-state index in [0.29, 0.717) is 36.4 Å². The fourth-order valence-corrected chi connectivity index (χ4v) is 5.81. The van der Waals surface area contributed by atoms with Gasteiger partial charge in [0.2, 0.25) is 5.79 Å². The number of carbonyl (C=O) groups excluding carboxylic acids is 1. The lowest BCUT2D eigenvalue weighted by atomic mass is 9.80. The van der Waals surface area contributed by atoms with E-state index >= 15 is 4.39 Å². The number of nitrogens with zero attached hydrogens (tertiary/aromatic N) is 4. The number of amides is 2. The van der Waals surface area contributed by atoms with Crippen molar-refractivity contribution < 1.29 is 19.1 Å². The van der Waals surface area contributed by atoms with Crippen molar-refractivity contribution in [3.8, 4) is 11.3 Å². The molecule has 192 valence electrons. The van der Waals surface area contributed by atoms with Crippen LogP contribution in [0.15, 0.2) is 59.1 Å². The molecule has 5 rings (SSSR count). The van der Waals surface area contributed by atoms with Crippen molar-refractivity contribution in [1.29, 1.82) is 0 Å². The Morgan fingerprint density at radius 2 is 2.19 bits per heavy atom. The molecule has 2 aliphatic heterocycles. The number of carbonyl (C=O) groups is 2. The van der Waals surface area contributed by atoms with Gasteiger partial charge in [-0.15, -0.1) is 11.3 Å². The number of rotatable bonds is 6. The molecule has 2 amide bonds. The summed E-state index contributed by atoms with van der Waals surface area (Å²) in [5.74, 6) is -5.17. The SMILES string of the molecule is CCNC(=O)NC1(C2CNCCC2C(=O)O)N=CC=C(F)N1c1cc(-c2ccccn2)c2scnc2c1. The van der Waals surface area contributed by atoms with Gasteiger partial charge in [0.05, 0.1) is 33.0 Å². The first-order valence-corrected chi connectivity index (χ1v) is 12.8. The summed E-state index contributed by atoms with van der Waals surface area (Å²) < 4.78 is 16.8. The van der Waals surface area contributed by atoms with E-state index in [9.17, 15) is 14.7 Å². The van der Waals surface area contributed by atoms with Gasteiger partial charge >= 0.3 is 12.0 Å². The van der Waals surface area contributed by atoms with Crippen LogP contribution in [0.2, 0.25) is 0 Å². The van der Waals surface area contributed by atoms with Crippen LogP contribution in [-0.2, 0) is 4.79 Å². The van der Waals surface area contributed by atoms with Crippen molar-refractivity contribution in [2.45, 2.75) is 19.1 Å². The average molecular weight is 524 g/mol. The third-order valence-corrected chi connectivity index (χ3v) is 7.48. The van der Waals surface area contributed by atoms with Gasteiger partial charge in [0.25, 0.3) is 0 Å². The number of hydrogen-bond acceptors (Lipinski definition) is 8. The molecule has 12 heteroatoms. The molecule has 4 N–H and O–H groups in total. The number of halogens is 1. The number of fused-ring (bicyclic) bond motifs is 1. The molecule has 2 aromatic heterocycles. The molecule has 0 radical (unpaired) electrons. The molecular formula is C25H26FN7O3S. The van der Waals surface area contributed by atoms with Gasteiger partial charge in [0.1, 0.15) is 0 Å². The first-order chi connectivity index (χ1) is 17.9. The van der Waals surface area contributed by atoms with Crippen LogP contribution >= 0.6 is 11.3 Å². The molecule has 3 atom stereocenters. The lowest BCUT2D eigenvalue weighted by Crippen LogP contribution is -2.70. The highest BCUT2D eigenvalue weighted by Gasteiger charge is 2.54. The highest BCUT2D eigenvalue weighted by molar-refractivity contribution is 7.17. The average Bonchev–Trinajstić information content (AvgIpc) is 3.37. The summed E-state index contributed by atoms with van der Waals surface area (Å²) in [7, 11) is 0. The topological polar surface area (TPSA) is 132 Å². The van der Waals surface area contributed by atoms with E-state index in [4.69, 9.17) is 0 Å². The normalized spacial score (nSPS) is 23.5. The molecule has 2 aliphatic rings. The number of hydrogen-bond donors (Lipinski definition) is 4. The zero-order valence-corrected chi connectivity index (χ0v) is 20.8. The molecule has 0 spiro atoms. The summed E-state index contributed by atoms with van der Waals surface area (Å²) in [5, 5.41) is 18.8. The van der Waals surface area contributed by atoms with Gasteiger partial charge in [-0.3, -0.25) is 20.0 Å². The number of carboxylic acids is 1. The maximum Gasteiger partial charge on any atom is 0.318 e. The van der Waals surface area contributed by atoms with Crippen LogP contribution in [0.4, 0.5) is 14.9 Å². The molecule has 37 heavy (non-hydrogen) atoms. The molecule has 3 unspecified atom stereocenters. The number of allylic oxidation sites excluding steroid dienone is 1. The van der Waals surface area contributed by atoms with Crippen LogP contribution in [0.5, 0.6) is 0 Å². The Bertz CT molecular complexity index is 1380. The fourth-order valence-electron chi connectivity index (χ4n) is 5.01. The number of anilines is 1. The molecule has 4 heterocycles. The number of aliphatic imine (C=N–C) groups is 1. The molecule has 1 fully saturated rings. The molecule has 10 nitrogen and oxygen atoms in total. The van der Waals surface area contributed by atoms with Crippen LogP contribution in [-0.4, -0.2) is 58.7 Å². The Kier molecular flexibility index (Phi) is 6.85. The minimum atomic E-state index is -1.76. The van der Waals surface area contributed by atoms with E-state index in [0.717, 1.165) is 10.3 Å². The molecule has 3 aromatic rings. The van der Waals surface area contributed by atoms with Crippen molar-refractivity contribution in [2.75, 3.05) is 24.5 Å². The number of nitrogens with one attached hydrogen (secondary N) is 3. The monoisotopic (exact) mass is 523 g/mol. The van der Waals surface area contributed by atoms with Crippen molar-refractivity contribution in [2.24, 2.45) is 16.8 Å². The second-order valence-electron chi connectivity index (χ2n) is 8.77. The Balaban J connectivity index is 1.72. The third-order valence-electron chi connectivity index (χ3n) is 6.60. The van der Waals surface area contributed by atoms with Gasteiger partial charge in [-0.2, -0.15) is 4.39 Å². The number of piperidine rings is 1. The zero-order chi connectivity index (χ0) is 26.0. The second kappa shape index (κ2) is 10.2. The van der Waals surface area contributed by atoms with Gasteiger partial charge in [-0.25, -0.2) is 14.8 Å². The number of aromatic nitrogens is 2. The molecule has 1 saturated heterocycles. The Hall–Kier alpha value is -3.90. The Morgan fingerprint density at radius 3 is 2.95 bits per heavy atom. The highest BCUT2D eigenvalue weighted by Crippen LogP contribution is 2.43. The molecule has 1 aromatic carbocycles. The summed E-state index contributed by atoms with van der Waals surface area (Å²) >= 11 is 1.44. The lowest BCUT2D eigenvalue weighted by molar-refractivity contribution is -0.146. The smallest absolute Gasteiger partial charge is 0.318 e. The van der Waals surface area contributed by atoms with E-state index < -0.39 is 35.6 Å². The highest BCUT2D eigenvalue weighted by atomic mass is 32.1. The van der Waals surface area contributed by atoms with Gasteiger partial charge in [-0.1, -0.05) is 6.07 Å². The van der Waals surface area contributed by atoms with Crippen molar-refractivity contribution in [3.05, 3.63) is 54.1 Å². The Labute approximate surface area is 216 Å². The molecule has 0 bridgehead atoms. The maximum atomic E-state index is 15.9. The van der Waals surface area contributed by atoms with E-state index in [1.165, 1.54) is 28.5 Å². The number of pyridine rings is 1. The van der Waals surface area contributed by atoms with E-state index in [1.807, 2.05) is 18.2 Å². The molecular weight excluding hydrogens is 497 g/mol. The maximum absolute atomic E-state index is 15.9. The van der Waals surface area contributed by atoms with Crippen LogP contribution in [0.1, 0.15) is 13.3 Å². The molecule has 0 saturated carbocycles. The first kappa shape index (κ1) is 24.8. The van der Waals surface area contributed by atoms with E-state index in [1.54, 1.807) is 30.8 Å². The van der Waals surface area contributed by atoms with E-state index in [2.05, 4.69) is 30.9 Å². The van der Waals surface area contributed by atoms with Crippen molar-refractivity contribution in [3.63, 3.8) is 0 Å². The Morgan fingerprint density at radius 1 is 1.32 bits per heavy atom. The third kappa shape index (κ3) is 4.53. The lowest BCUT2D eigenvalue weighted by Gasteiger charge is -2.50. The number of aliphatic carboxylic acids is 1. The number of carboxylic acid groups (broad SMARTS) is 1. The summed E-state index contributed by atoms with van der Waals surface area (Å²) in [6.45, 7) is 2.77. The predicted molar refractivity (Wildman–Crippen MR) is 140 cm³/mol. The number of urea groups is 1. The molecule has 0 aliphatic carbocycles. The van der Waals surface area contributed by atoms with Crippen molar-refractivity contribution in [1.82, 2.24) is 25.9 Å². The van der Waals surface area contributed by atoms with Crippen LogP contribution in [0.3, 0.4) is 0 Å². The van der Waals surface area contributed by atoms with E-state index in [-0.39, 0.29) is 6.54 Å². The standard InChI is InChI=1S/C25H26FN7O3S/c1-2-28-24(36)32-25(18-13-27-9-6-16(18)23(34)35)31-10-7-21(26)33(25)15-11-17(19-5-3-4-8-29-19)22-20(12-15)30-14-37-22/h3-5,7-8,10-12,14,16,18,27H,2,6,9,13H2,1H3,(H,34,35)(H2,28,32,36). The van der Waals surface area contributed by atoms with Gasteiger partial charge < -0.3 is 15.7 Å². The second-order valence-corrected chi connectivity index (χ2v) is 9.62. The van der Waals surface area contributed by atoms with Gasteiger partial charge in [0.15, 0.2) is 5.95 Å². The summed E-state index contributed by atoms with van der Waals surface area (Å²) in [6.07, 6.45) is 4.44. The van der Waals surface area contributed by atoms with Crippen LogP contribution in [0.25, 0.3) is 21.5 Å². The zero-order valence-electron chi connectivity index (χ0n) is 20.0. The summed E-state index contributed by atoms with van der Waals surface area (Å²) in [5.41, 5.74) is 4.09. The van der Waals surface area contributed by atoms with Gasteiger partial charge in [0, 0.05) is 43.1 Å². The minimum absolute atomic E-state index is 0.205. The minimum Gasteiger partial charge on any atom is -0.481 e. The van der Waals surface area contributed by atoms with Gasteiger partial charge in [-0.05, 0) is 44.2 Å². The van der Waals surface area contributed by atoms with Crippen LogP contribution < -0.4 is 20.9 Å². The number of benzene rings is 1.